The number of hydrogen-bond acceptors (Lipinski definition) is 3. The Balaban J connectivity index is 1.31. The van der Waals surface area contributed by atoms with Crippen LogP contribution in [-0.2, 0) is 0 Å². The lowest BCUT2D eigenvalue weighted by Crippen LogP contribution is -2.10. The first kappa shape index (κ1) is 22.1. The summed E-state index contributed by atoms with van der Waals surface area (Å²) in [5, 5.41) is 1.01. The van der Waals surface area contributed by atoms with Crippen LogP contribution < -0.4 is 4.90 Å². The Kier molecular flexibility index (Phi) is 5.45. The number of anilines is 3. The third kappa shape index (κ3) is 3.91. The fourth-order valence-corrected chi connectivity index (χ4v) is 5.10. The fraction of sp³-hybridized carbons (Fsp3) is 0. The molecular formula is C35H24N2O. The van der Waals surface area contributed by atoms with E-state index in [9.17, 15) is 0 Å². The van der Waals surface area contributed by atoms with E-state index in [1.807, 2.05) is 42.6 Å². The van der Waals surface area contributed by atoms with Gasteiger partial charge in [0.1, 0.15) is 11.1 Å². The lowest BCUT2D eigenvalue weighted by molar-refractivity contribution is 0.668. The van der Waals surface area contributed by atoms with E-state index >= 15 is 0 Å². The van der Waals surface area contributed by atoms with Gasteiger partial charge in [-0.1, -0.05) is 91.0 Å². The molecular weight excluding hydrogens is 464 g/mol. The molecule has 2 aromatic heterocycles. The predicted molar refractivity (Wildman–Crippen MR) is 157 cm³/mol. The maximum Gasteiger partial charge on any atom is 0.153 e. The van der Waals surface area contributed by atoms with Gasteiger partial charge in [0.2, 0.25) is 0 Å². The third-order valence-electron chi connectivity index (χ3n) is 6.94. The van der Waals surface area contributed by atoms with Crippen molar-refractivity contribution in [2.75, 3.05) is 4.90 Å². The molecule has 0 aliphatic rings. The quantitative estimate of drug-likeness (QED) is 0.241. The highest BCUT2D eigenvalue weighted by Gasteiger charge is 2.19. The first-order valence-corrected chi connectivity index (χ1v) is 12.7. The van der Waals surface area contributed by atoms with E-state index in [2.05, 4.69) is 113 Å². The lowest BCUT2D eigenvalue weighted by atomic mass is 10.00. The maximum atomic E-state index is 6.14. The molecule has 0 aliphatic heterocycles. The van der Waals surface area contributed by atoms with Gasteiger partial charge in [0.25, 0.3) is 0 Å². The highest BCUT2D eigenvalue weighted by atomic mass is 16.3. The van der Waals surface area contributed by atoms with Crippen molar-refractivity contribution in [3.63, 3.8) is 0 Å². The van der Waals surface area contributed by atoms with Gasteiger partial charge in [-0.2, -0.15) is 0 Å². The number of aromatic nitrogens is 1. The SMILES string of the molecule is c1ccc(-c2ccc(-c3ccc(N(c4ccccc4)c4cccc5oc6cccnc6c45)cc3)cc2)cc1. The van der Waals surface area contributed by atoms with Gasteiger partial charge in [-0.05, 0) is 70.8 Å². The Labute approximate surface area is 221 Å². The Morgan fingerprint density at radius 2 is 1.00 bits per heavy atom. The van der Waals surface area contributed by atoms with Crippen molar-refractivity contribution in [2.24, 2.45) is 0 Å². The molecule has 0 aliphatic carbocycles. The third-order valence-corrected chi connectivity index (χ3v) is 6.94. The van der Waals surface area contributed by atoms with Crippen molar-refractivity contribution in [3.05, 3.63) is 146 Å². The summed E-state index contributed by atoms with van der Waals surface area (Å²) in [5.74, 6) is 0. The minimum Gasteiger partial charge on any atom is -0.454 e. The number of pyridine rings is 1. The number of nitrogens with zero attached hydrogens (tertiary/aromatic N) is 2. The van der Waals surface area contributed by atoms with Gasteiger partial charge in [-0.15, -0.1) is 0 Å². The van der Waals surface area contributed by atoms with Crippen molar-refractivity contribution in [3.8, 4) is 22.3 Å². The number of para-hydroxylation sites is 1. The Bertz CT molecular complexity index is 1840. The van der Waals surface area contributed by atoms with Gasteiger partial charge in [0.15, 0.2) is 5.58 Å². The summed E-state index contributed by atoms with van der Waals surface area (Å²) < 4.78 is 6.14. The second-order valence-electron chi connectivity index (χ2n) is 9.26. The van der Waals surface area contributed by atoms with Crippen LogP contribution in [-0.4, -0.2) is 4.98 Å². The number of benzene rings is 5. The van der Waals surface area contributed by atoms with E-state index in [1.165, 1.54) is 22.3 Å². The second-order valence-corrected chi connectivity index (χ2v) is 9.26. The molecule has 5 aromatic carbocycles. The summed E-state index contributed by atoms with van der Waals surface area (Å²) in [4.78, 5) is 6.93. The van der Waals surface area contributed by atoms with Gasteiger partial charge in [-0.25, -0.2) is 0 Å². The van der Waals surface area contributed by atoms with Gasteiger partial charge >= 0.3 is 0 Å². The zero-order valence-electron chi connectivity index (χ0n) is 20.7. The molecule has 0 atom stereocenters. The molecule has 7 aromatic rings. The summed E-state index contributed by atoms with van der Waals surface area (Å²) in [6.45, 7) is 0. The average Bonchev–Trinajstić information content (AvgIpc) is 3.38. The number of furan rings is 1. The van der Waals surface area contributed by atoms with Gasteiger partial charge in [0.05, 0.1) is 11.1 Å². The summed E-state index contributed by atoms with van der Waals surface area (Å²) >= 11 is 0. The van der Waals surface area contributed by atoms with E-state index in [0.29, 0.717) is 0 Å². The molecule has 0 amide bonds. The lowest BCUT2D eigenvalue weighted by Gasteiger charge is -2.26. The molecule has 3 heteroatoms. The summed E-state index contributed by atoms with van der Waals surface area (Å²) in [6, 6.07) is 48.5. The van der Waals surface area contributed by atoms with Crippen molar-refractivity contribution in [1.29, 1.82) is 0 Å². The average molecular weight is 489 g/mol. The van der Waals surface area contributed by atoms with E-state index in [1.54, 1.807) is 0 Å². The minimum atomic E-state index is 0.789. The van der Waals surface area contributed by atoms with E-state index in [-0.39, 0.29) is 0 Å². The van der Waals surface area contributed by atoms with Crippen LogP contribution in [0, 0.1) is 0 Å². The van der Waals surface area contributed by atoms with Crippen LogP contribution in [0.3, 0.4) is 0 Å². The van der Waals surface area contributed by atoms with Crippen LogP contribution in [0.4, 0.5) is 17.1 Å². The predicted octanol–water partition coefficient (Wildman–Crippen LogP) is 9.78. The fourth-order valence-electron chi connectivity index (χ4n) is 5.10. The molecule has 0 N–H and O–H groups in total. The first-order valence-electron chi connectivity index (χ1n) is 12.7. The number of fused-ring (bicyclic) bond motifs is 3. The molecule has 0 fully saturated rings. The molecule has 0 radical (unpaired) electrons. The van der Waals surface area contributed by atoms with Crippen LogP contribution in [0.2, 0.25) is 0 Å². The Morgan fingerprint density at radius 1 is 0.447 bits per heavy atom. The van der Waals surface area contributed by atoms with E-state index < -0.39 is 0 Å². The molecule has 38 heavy (non-hydrogen) atoms. The van der Waals surface area contributed by atoms with Crippen molar-refractivity contribution >= 4 is 39.1 Å². The van der Waals surface area contributed by atoms with Crippen LogP contribution >= 0.6 is 0 Å². The molecule has 0 bridgehead atoms. The van der Waals surface area contributed by atoms with Crippen molar-refractivity contribution in [2.45, 2.75) is 0 Å². The van der Waals surface area contributed by atoms with E-state index in [0.717, 1.165) is 39.1 Å². The smallest absolute Gasteiger partial charge is 0.153 e. The standard InChI is InChI=1S/C35H24N2O/c1-3-9-25(10-4-1)26-16-18-27(19-17-26)28-20-22-30(23-21-28)37(29-11-5-2-6-12-29)31-13-7-14-32-34(31)35-33(38-32)15-8-24-36-35/h1-24H. The molecule has 0 saturated carbocycles. The molecule has 0 spiro atoms. The number of rotatable bonds is 5. The zero-order chi connectivity index (χ0) is 25.3. The molecule has 180 valence electrons. The van der Waals surface area contributed by atoms with E-state index in [4.69, 9.17) is 4.42 Å². The van der Waals surface area contributed by atoms with Crippen LogP contribution in [0.25, 0.3) is 44.3 Å². The summed E-state index contributed by atoms with van der Waals surface area (Å²) in [7, 11) is 0. The van der Waals surface area contributed by atoms with Crippen molar-refractivity contribution in [1.82, 2.24) is 4.98 Å². The molecule has 7 rings (SSSR count). The maximum absolute atomic E-state index is 6.14. The molecule has 2 heterocycles. The molecule has 0 saturated heterocycles. The first-order chi connectivity index (χ1) is 18.8. The zero-order valence-corrected chi connectivity index (χ0v) is 20.7. The monoisotopic (exact) mass is 488 g/mol. The largest absolute Gasteiger partial charge is 0.454 e. The Hall–Kier alpha value is -5.15. The van der Waals surface area contributed by atoms with Gasteiger partial charge < -0.3 is 9.32 Å². The van der Waals surface area contributed by atoms with Crippen molar-refractivity contribution < 1.29 is 4.42 Å². The Morgan fingerprint density at radius 3 is 1.68 bits per heavy atom. The van der Waals surface area contributed by atoms with Gasteiger partial charge in [0, 0.05) is 17.6 Å². The molecule has 0 unspecified atom stereocenters. The normalized spacial score (nSPS) is 11.2. The molecule has 3 nitrogen and oxygen atoms in total. The van der Waals surface area contributed by atoms with Crippen LogP contribution in [0.15, 0.2) is 150 Å². The highest BCUT2D eigenvalue weighted by Crippen LogP contribution is 2.42. The van der Waals surface area contributed by atoms with Crippen LogP contribution in [0.5, 0.6) is 0 Å². The topological polar surface area (TPSA) is 29.3 Å². The highest BCUT2D eigenvalue weighted by molar-refractivity contribution is 6.11. The summed E-state index contributed by atoms with van der Waals surface area (Å²) in [5.41, 5.74) is 10.5. The summed E-state index contributed by atoms with van der Waals surface area (Å²) in [6.07, 6.45) is 1.82. The van der Waals surface area contributed by atoms with Crippen LogP contribution in [0.1, 0.15) is 0 Å². The minimum absolute atomic E-state index is 0.789. The number of hydrogen-bond donors (Lipinski definition) is 0. The second kappa shape index (κ2) is 9.38. The van der Waals surface area contributed by atoms with Gasteiger partial charge in [-0.3, -0.25) is 4.98 Å².